The number of benzene rings is 1. The van der Waals surface area contributed by atoms with Crippen LogP contribution in [0.4, 0.5) is 0 Å². The third-order valence-electron chi connectivity index (χ3n) is 5.73. The first-order valence-corrected chi connectivity index (χ1v) is 12.7. The average Bonchev–Trinajstić information content (AvgIpc) is 2.91. The fourth-order valence-corrected chi connectivity index (χ4v) is 6.87. The predicted octanol–water partition coefficient (Wildman–Crippen LogP) is 4.50. The molecular formula is C21H28BBrO5S. The molecule has 2 aliphatic rings. The summed E-state index contributed by atoms with van der Waals surface area (Å²) in [5.74, 6) is 0.314. The van der Waals surface area contributed by atoms with Crippen molar-refractivity contribution < 1.29 is 23.2 Å². The maximum absolute atomic E-state index is 12.6. The second kappa shape index (κ2) is 9.37. The molecule has 158 valence electrons. The van der Waals surface area contributed by atoms with Gasteiger partial charge in [-0.2, -0.15) is 0 Å². The van der Waals surface area contributed by atoms with E-state index in [4.69, 9.17) is 4.65 Å². The van der Waals surface area contributed by atoms with Gasteiger partial charge in [0.15, 0.2) is 9.84 Å². The van der Waals surface area contributed by atoms with Crippen LogP contribution in [0, 0.1) is 0 Å². The van der Waals surface area contributed by atoms with Gasteiger partial charge in [0.25, 0.3) is 0 Å². The summed E-state index contributed by atoms with van der Waals surface area (Å²) in [6.45, 7) is 4.10. The van der Waals surface area contributed by atoms with E-state index in [0.717, 1.165) is 46.0 Å². The van der Waals surface area contributed by atoms with Gasteiger partial charge in [-0.05, 0) is 49.5 Å². The van der Waals surface area contributed by atoms with E-state index in [1.165, 1.54) is 0 Å². The molecule has 2 atom stereocenters. The lowest BCUT2D eigenvalue weighted by Crippen LogP contribution is -2.41. The summed E-state index contributed by atoms with van der Waals surface area (Å²) in [5, 5.41) is 19.6. The van der Waals surface area contributed by atoms with Crippen molar-refractivity contribution in [3.63, 3.8) is 0 Å². The Bertz CT molecular complexity index is 925. The smallest absolute Gasteiger partial charge is 0.456 e. The van der Waals surface area contributed by atoms with Gasteiger partial charge in [0.1, 0.15) is 5.75 Å². The minimum Gasteiger partial charge on any atom is -0.507 e. The molecule has 5 nitrogen and oxygen atoms in total. The van der Waals surface area contributed by atoms with Crippen LogP contribution in [0.15, 0.2) is 39.4 Å². The summed E-state index contributed by atoms with van der Waals surface area (Å²) < 4.78 is 32.0. The zero-order chi connectivity index (χ0) is 21.2. The van der Waals surface area contributed by atoms with Gasteiger partial charge < -0.3 is 14.8 Å². The van der Waals surface area contributed by atoms with Crippen LogP contribution >= 0.6 is 15.9 Å². The molecule has 2 heterocycles. The summed E-state index contributed by atoms with van der Waals surface area (Å²) in [7, 11) is -4.30. The molecule has 0 unspecified atom stereocenters. The van der Waals surface area contributed by atoms with Crippen molar-refractivity contribution in [2.24, 2.45) is 0 Å². The topological polar surface area (TPSA) is 83.8 Å². The molecule has 0 aromatic heterocycles. The first-order valence-electron chi connectivity index (χ1n) is 10.2. The molecule has 2 N–H and O–H groups in total. The van der Waals surface area contributed by atoms with Crippen LogP contribution in [0.25, 0.3) is 6.08 Å². The maximum atomic E-state index is 12.6. The first-order chi connectivity index (χ1) is 13.7. The maximum Gasteiger partial charge on any atom is 0.456 e. The fourth-order valence-electron chi connectivity index (χ4n) is 4.33. The van der Waals surface area contributed by atoms with Gasteiger partial charge >= 0.3 is 7.12 Å². The molecule has 0 aliphatic carbocycles. The molecule has 1 aromatic rings. The van der Waals surface area contributed by atoms with Crippen molar-refractivity contribution in [3.8, 4) is 5.75 Å². The second-order valence-corrected chi connectivity index (χ2v) is 10.9. The van der Waals surface area contributed by atoms with Gasteiger partial charge in [-0.15, -0.1) is 0 Å². The Morgan fingerprint density at radius 1 is 1.38 bits per heavy atom. The molecule has 0 radical (unpaired) electrons. The van der Waals surface area contributed by atoms with Gasteiger partial charge in [-0.3, -0.25) is 0 Å². The van der Waals surface area contributed by atoms with E-state index < -0.39 is 22.2 Å². The molecule has 8 heteroatoms. The average molecular weight is 483 g/mol. The third kappa shape index (κ3) is 5.16. The lowest BCUT2D eigenvalue weighted by atomic mass is 9.74. The van der Waals surface area contributed by atoms with E-state index in [1.807, 2.05) is 19.1 Å². The molecule has 1 aromatic carbocycles. The lowest BCUT2D eigenvalue weighted by molar-refractivity contribution is 0.169. The zero-order valence-electron chi connectivity index (χ0n) is 16.9. The van der Waals surface area contributed by atoms with Crippen molar-refractivity contribution in [2.45, 2.75) is 63.6 Å². The van der Waals surface area contributed by atoms with E-state index >= 15 is 0 Å². The highest BCUT2D eigenvalue weighted by Gasteiger charge is 2.48. The monoisotopic (exact) mass is 482 g/mol. The number of phenols is 1. The van der Waals surface area contributed by atoms with Crippen LogP contribution in [0.1, 0.15) is 51.5 Å². The van der Waals surface area contributed by atoms with Crippen LogP contribution in [0.5, 0.6) is 5.75 Å². The summed E-state index contributed by atoms with van der Waals surface area (Å²) in [6, 6.07) is 5.31. The normalized spacial score (nSPS) is 24.1. The SMILES string of the molecule is CCCC1=C2[C@@H](CC/C(=C/c3cc(Br)ccc3O)CC)OB(O)C[C@@H]2S(=O)(=O)C1. The molecule has 0 bridgehead atoms. The van der Waals surface area contributed by atoms with Crippen molar-refractivity contribution in [1.29, 1.82) is 0 Å². The molecule has 0 spiro atoms. The Labute approximate surface area is 182 Å². The number of allylic oxidation sites excluding steroid dienone is 1. The Morgan fingerprint density at radius 2 is 2.14 bits per heavy atom. The number of sulfone groups is 1. The van der Waals surface area contributed by atoms with Crippen LogP contribution in [0.2, 0.25) is 6.32 Å². The van der Waals surface area contributed by atoms with E-state index in [-0.39, 0.29) is 23.9 Å². The molecule has 1 fully saturated rings. The Hall–Kier alpha value is -1.09. The van der Waals surface area contributed by atoms with E-state index in [2.05, 4.69) is 22.9 Å². The van der Waals surface area contributed by atoms with Gasteiger partial charge in [0.05, 0.1) is 17.1 Å². The molecule has 29 heavy (non-hydrogen) atoms. The number of halogens is 1. The highest BCUT2D eigenvalue weighted by molar-refractivity contribution is 9.10. The predicted molar refractivity (Wildman–Crippen MR) is 120 cm³/mol. The van der Waals surface area contributed by atoms with Crippen LogP contribution in [0.3, 0.4) is 0 Å². The summed E-state index contributed by atoms with van der Waals surface area (Å²) in [4.78, 5) is 0. The quantitative estimate of drug-likeness (QED) is 0.441. The van der Waals surface area contributed by atoms with Crippen molar-refractivity contribution in [3.05, 3.63) is 45.0 Å². The molecule has 0 saturated carbocycles. The fraction of sp³-hybridized carbons (Fsp3) is 0.524. The number of aromatic hydroxyl groups is 1. The standard InChI is InChI=1S/C21H28BBrO5S/c1-3-5-15-13-29(26,27)20-12-22(25)28-19(21(15)20)9-6-14(4-2)10-16-11-17(23)7-8-18(16)24/h7-8,10-11,19-20,24-25H,3-6,9,12-13H2,1-2H3/b14-10+/t19-,20+/m1/s1. The second-order valence-electron chi connectivity index (χ2n) is 7.82. The van der Waals surface area contributed by atoms with Crippen LogP contribution < -0.4 is 0 Å². The number of fused-ring (bicyclic) bond motifs is 1. The number of hydrogen-bond acceptors (Lipinski definition) is 5. The number of hydrogen-bond donors (Lipinski definition) is 2. The molecule has 3 rings (SSSR count). The molecular weight excluding hydrogens is 455 g/mol. The highest BCUT2D eigenvalue weighted by atomic mass is 79.9. The minimum atomic E-state index is -3.25. The lowest BCUT2D eigenvalue weighted by Gasteiger charge is -2.32. The zero-order valence-corrected chi connectivity index (χ0v) is 19.3. The number of phenolic OH excluding ortho intramolecular Hbond substituents is 1. The summed E-state index contributed by atoms with van der Waals surface area (Å²) in [5.41, 5.74) is 3.74. The largest absolute Gasteiger partial charge is 0.507 e. The third-order valence-corrected chi connectivity index (χ3v) is 8.29. The van der Waals surface area contributed by atoms with Gasteiger partial charge in [-0.25, -0.2) is 8.42 Å². The van der Waals surface area contributed by atoms with Gasteiger partial charge in [0.2, 0.25) is 0 Å². The van der Waals surface area contributed by atoms with Crippen molar-refractivity contribution in [1.82, 2.24) is 0 Å². The van der Waals surface area contributed by atoms with Crippen molar-refractivity contribution in [2.75, 3.05) is 5.75 Å². The Kier molecular flexibility index (Phi) is 7.30. The minimum absolute atomic E-state index is 0.0931. The van der Waals surface area contributed by atoms with Gasteiger partial charge in [0, 0.05) is 16.4 Å². The van der Waals surface area contributed by atoms with Crippen molar-refractivity contribution >= 4 is 39.0 Å². The molecule has 1 saturated heterocycles. The summed E-state index contributed by atoms with van der Waals surface area (Å²) in [6.07, 6.45) is 5.49. The van der Waals surface area contributed by atoms with E-state index in [0.29, 0.717) is 12.8 Å². The van der Waals surface area contributed by atoms with Crippen LogP contribution in [-0.2, 0) is 14.5 Å². The van der Waals surface area contributed by atoms with E-state index in [9.17, 15) is 18.5 Å². The molecule has 0 amide bonds. The van der Waals surface area contributed by atoms with Crippen LogP contribution in [-0.4, -0.2) is 42.8 Å². The highest BCUT2D eigenvalue weighted by Crippen LogP contribution is 2.41. The summed E-state index contributed by atoms with van der Waals surface area (Å²) >= 11 is 3.43. The Morgan fingerprint density at radius 3 is 2.83 bits per heavy atom. The Balaban J connectivity index is 1.82. The van der Waals surface area contributed by atoms with Gasteiger partial charge in [-0.1, -0.05) is 53.4 Å². The molecule has 2 aliphatic heterocycles. The number of rotatable bonds is 7. The van der Waals surface area contributed by atoms with E-state index in [1.54, 1.807) is 12.1 Å². The first kappa shape index (κ1) is 22.6.